The molecular formula is C17H19NO. The predicted octanol–water partition coefficient (Wildman–Crippen LogP) is 3.34. The fourth-order valence-corrected chi connectivity index (χ4v) is 2.74. The quantitative estimate of drug-likeness (QED) is 0.906. The maximum Gasteiger partial charge on any atom is 0.0781 e. The number of rotatable bonds is 3. The molecule has 1 unspecified atom stereocenters. The third kappa shape index (κ3) is 2.36. The van der Waals surface area contributed by atoms with Crippen LogP contribution in [0.1, 0.15) is 30.1 Å². The molecule has 2 aromatic rings. The van der Waals surface area contributed by atoms with Crippen LogP contribution >= 0.6 is 0 Å². The molecule has 0 amide bonds. The summed E-state index contributed by atoms with van der Waals surface area (Å²) in [6, 6.07) is 18.8. The standard InChI is InChI=1S/C17H19NO/c1-13(19)16-9-5-6-10-17(16)18-11-15(12-18)14-7-3-2-4-8-14/h2-10,13,15,19H,11-12H2,1H3. The van der Waals surface area contributed by atoms with Gasteiger partial charge in [-0.15, -0.1) is 0 Å². The van der Waals surface area contributed by atoms with Crippen LogP contribution in [0, 0.1) is 0 Å². The second-order valence-corrected chi connectivity index (χ2v) is 5.25. The van der Waals surface area contributed by atoms with Crippen molar-refractivity contribution >= 4 is 5.69 Å². The molecule has 1 aliphatic rings. The summed E-state index contributed by atoms with van der Waals surface area (Å²) in [6.45, 7) is 3.90. The molecule has 2 nitrogen and oxygen atoms in total. The number of anilines is 1. The highest BCUT2D eigenvalue weighted by Gasteiger charge is 2.29. The Hall–Kier alpha value is -1.80. The van der Waals surface area contributed by atoms with E-state index in [2.05, 4.69) is 41.3 Å². The normalized spacial score (nSPS) is 17.1. The molecular weight excluding hydrogens is 234 g/mol. The van der Waals surface area contributed by atoms with Crippen LogP contribution in [0.4, 0.5) is 5.69 Å². The molecule has 0 aliphatic carbocycles. The largest absolute Gasteiger partial charge is 0.389 e. The fraction of sp³-hybridized carbons (Fsp3) is 0.294. The average Bonchev–Trinajstić information content (AvgIpc) is 2.39. The summed E-state index contributed by atoms with van der Waals surface area (Å²) in [7, 11) is 0. The minimum absolute atomic E-state index is 0.410. The van der Waals surface area contributed by atoms with E-state index in [1.54, 1.807) is 0 Å². The van der Waals surface area contributed by atoms with Crippen molar-refractivity contribution in [2.24, 2.45) is 0 Å². The molecule has 2 aromatic carbocycles. The van der Waals surface area contributed by atoms with Crippen molar-refractivity contribution in [2.75, 3.05) is 18.0 Å². The van der Waals surface area contributed by atoms with E-state index in [9.17, 15) is 5.11 Å². The van der Waals surface area contributed by atoms with Crippen molar-refractivity contribution in [3.05, 3.63) is 65.7 Å². The Labute approximate surface area is 114 Å². The number of benzene rings is 2. The van der Waals surface area contributed by atoms with E-state index in [0.29, 0.717) is 5.92 Å². The van der Waals surface area contributed by atoms with Crippen LogP contribution in [0.15, 0.2) is 54.6 Å². The zero-order chi connectivity index (χ0) is 13.2. The number of aliphatic hydroxyl groups excluding tert-OH is 1. The molecule has 1 saturated heterocycles. The van der Waals surface area contributed by atoms with Gasteiger partial charge in [-0.3, -0.25) is 0 Å². The van der Waals surface area contributed by atoms with Gasteiger partial charge >= 0.3 is 0 Å². The molecule has 98 valence electrons. The molecule has 0 bridgehead atoms. The van der Waals surface area contributed by atoms with E-state index in [1.165, 1.54) is 11.3 Å². The van der Waals surface area contributed by atoms with Gasteiger partial charge in [0, 0.05) is 30.3 Å². The Morgan fingerprint density at radius 3 is 2.32 bits per heavy atom. The van der Waals surface area contributed by atoms with Gasteiger partial charge in [-0.25, -0.2) is 0 Å². The van der Waals surface area contributed by atoms with Crippen molar-refractivity contribution in [1.82, 2.24) is 0 Å². The number of aliphatic hydroxyl groups is 1. The summed E-state index contributed by atoms with van der Waals surface area (Å²) < 4.78 is 0. The molecule has 1 aliphatic heterocycles. The van der Waals surface area contributed by atoms with Crippen molar-refractivity contribution in [3.63, 3.8) is 0 Å². The lowest BCUT2D eigenvalue weighted by atomic mass is 9.90. The van der Waals surface area contributed by atoms with E-state index >= 15 is 0 Å². The van der Waals surface area contributed by atoms with Crippen LogP contribution in [-0.4, -0.2) is 18.2 Å². The van der Waals surface area contributed by atoms with Gasteiger partial charge in [0.1, 0.15) is 0 Å². The monoisotopic (exact) mass is 253 g/mol. The van der Waals surface area contributed by atoms with E-state index in [-0.39, 0.29) is 0 Å². The summed E-state index contributed by atoms with van der Waals surface area (Å²) >= 11 is 0. The lowest BCUT2D eigenvalue weighted by molar-refractivity contribution is 0.199. The Bertz CT molecular complexity index is 544. The van der Waals surface area contributed by atoms with E-state index in [4.69, 9.17) is 0 Å². The molecule has 0 saturated carbocycles. The minimum atomic E-state index is -0.410. The maximum atomic E-state index is 9.83. The molecule has 0 aromatic heterocycles. The van der Waals surface area contributed by atoms with Crippen molar-refractivity contribution < 1.29 is 5.11 Å². The smallest absolute Gasteiger partial charge is 0.0781 e. The second-order valence-electron chi connectivity index (χ2n) is 5.25. The van der Waals surface area contributed by atoms with Gasteiger partial charge in [0.2, 0.25) is 0 Å². The molecule has 0 radical (unpaired) electrons. The van der Waals surface area contributed by atoms with Gasteiger partial charge in [0.15, 0.2) is 0 Å². The number of nitrogens with zero attached hydrogens (tertiary/aromatic N) is 1. The van der Waals surface area contributed by atoms with Gasteiger partial charge in [0.05, 0.1) is 6.10 Å². The SMILES string of the molecule is CC(O)c1ccccc1N1CC(c2ccccc2)C1. The molecule has 2 heteroatoms. The topological polar surface area (TPSA) is 23.5 Å². The van der Waals surface area contributed by atoms with Crippen LogP contribution < -0.4 is 4.90 Å². The number of hydrogen-bond acceptors (Lipinski definition) is 2. The molecule has 1 N–H and O–H groups in total. The minimum Gasteiger partial charge on any atom is -0.389 e. The van der Waals surface area contributed by atoms with Crippen molar-refractivity contribution in [1.29, 1.82) is 0 Å². The first-order valence-electron chi connectivity index (χ1n) is 6.82. The summed E-state index contributed by atoms with van der Waals surface area (Å²) in [4.78, 5) is 2.35. The molecule has 1 heterocycles. The van der Waals surface area contributed by atoms with Crippen molar-refractivity contribution in [3.8, 4) is 0 Å². The molecule has 3 rings (SSSR count). The first kappa shape index (κ1) is 12.2. The maximum absolute atomic E-state index is 9.83. The lowest BCUT2D eigenvalue weighted by Gasteiger charge is -2.42. The Kier molecular flexibility index (Phi) is 3.26. The summed E-state index contributed by atoms with van der Waals surface area (Å²) in [5.41, 5.74) is 3.60. The Balaban J connectivity index is 1.74. The summed E-state index contributed by atoms with van der Waals surface area (Å²) in [6.07, 6.45) is -0.410. The highest BCUT2D eigenvalue weighted by Crippen LogP contribution is 2.35. The first-order chi connectivity index (χ1) is 9.25. The van der Waals surface area contributed by atoms with Crippen LogP contribution in [0.5, 0.6) is 0 Å². The zero-order valence-electron chi connectivity index (χ0n) is 11.2. The number of hydrogen-bond donors (Lipinski definition) is 1. The summed E-state index contributed by atoms with van der Waals surface area (Å²) in [5, 5.41) is 9.83. The zero-order valence-corrected chi connectivity index (χ0v) is 11.2. The van der Waals surface area contributed by atoms with Crippen LogP contribution in [0.3, 0.4) is 0 Å². The van der Waals surface area contributed by atoms with E-state index in [0.717, 1.165) is 18.7 Å². The molecule has 1 atom stereocenters. The Morgan fingerprint density at radius 1 is 1.00 bits per heavy atom. The van der Waals surface area contributed by atoms with Gasteiger partial charge in [-0.2, -0.15) is 0 Å². The van der Waals surface area contributed by atoms with Gasteiger partial charge in [-0.1, -0.05) is 48.5 Å². The van der Waals surface area contributed by atoms with Crippen LogP contribution in [0.25, 0.3) is 0 Å². The first-order valence-corrected chi connectivity index (χ1v) is 6.82. The second kappa shape index (κ2) is 5.06. The Morgan fingerprint density at radius 2 is 1.63 bits per heavy atom. The third-order valence-electron chi connectivity index (χ3n) is 3.88. The highest BCUT2D eigenvalue weighted by molar-refractivity contribution is 5.57. The van der Waals surface area contributed by atoms with E-state index < -0.39 is 6.10 Å². The van der Waals surface area contributed by atoms with Gasteiger partial charge in [0.25, 0.3) is 0 Å². The molecule has 19 heavy (non-hydrogen) atoms. The van der Waals surface area contributed by atoms with Gasteiger partial charge in [-0.05, 0) is 18.6 Å². The van der Waals surface area contributed by atoms with E-state index in [1.807, 2.05) is 25.1 Å². The highest BCUT2D eigenvalue weighted by atomic mass is 16.3. The molecule has 0 spiro atoms. The van der Waals surface area contributed by atoms with Gasteiger partial charge < -0.3 is 10.0 Å². The third-order valence-corrected chi connectivity index (χ3v) is 3.88. The van der Waals surface area contributed by atoms with Crippen LogP contribution in [0.2, 0.25) is 0 Å². The summed E-state index contributed by atoms with van der Waals surface area (Å²) in [5.74, 6) is 0.614. The van der Waals surface area contributed by atoms with Crippen LogP contribution in [-0.2, 0) is 0 Å². The molecule has 1 fully saturated rings. The van der Waals surface area contributed by atoms with Crippen molar-refractivity contribution in [2.45, 2.75) is 18.9 Å². The fourth-order valence-electron chi connectivity index (χ4n) is 2.74. The average molecular weight is 253 g/mol. The number of para-hydroxylation sites is 1. The lowest BCUT2D eigenvalue weighted by Crippen LogP contribution is -2.45. The predicted molar refractivity (Wildman–Crippen MR) is 78.5 cm³/mol.